The number of amides is 1. The number of aromatic nitrogens is 4. The number of hydrogen-bond donors (Lipinski definition) is 1. The lowest BCUT2D eigenvalue weighted by molar-refractivity contribution is 0.0945. The van der Waals surface area contributed by atoms with E-state index in [1.54, 1.807) is 10.6 Å². The second-order valence-corrected chi connectivity index (χ2v) is 5.97. The molecule has 0 fully saturated rings. The molecule has 0 aliphatic heterocycles. The Morgan fingerprint density at radius 3 is 3.04 bits per heavy atom. The zero-order chi connectivity index (χ0) is 16.4. The van der Waals surface area contributed by atoms with Gasteiger partial charge in [0.2, 0.25) is 4.96 Å². The van der Waals surface area contributed by atoms with Gasteiger partial charge >= 0.3 is 0 Å². The highest BCUT2D eigenvalue weighted by Crippen LogP contribution is 2.19. The Morgan fingerprint density at radius 1 is 1.29 bits per heavy atom. The van der Waals surface area contributed by atoms with Crippen LogP contribution in [-0.4, -0.2) is 32.2 Å². The Labute approximate surface area is 140 Å². The molecule has 3 aromatic heterocycles. The lowest BCUT2D eigenvalue weighted by Gasteiger charge is -2.01. The molecule has 0 saturated heterocycles. The number of thiazole rings is 1. The Bertz CT molecular complexity index is 973. The summed E-state index contributed by atoms with van der Waals surface area (Å²) in [5.41, 5.74) is 2.17. The van der Waals surface area contributed by atoms with E-state index >= 15 is 0 Å². The summed E-state index contributed by atoms with van der Waals surface area (Å²) < 4.78 is 7.02. The molecule has 4 rings (SSSR count). The van der Waals surface area contributed by atoms with E-state index in [0.29, 0.717) is 18.7 Å². The summed E-state index contributed by atoms with van der Waals surface area (Å²) in [6.07, 6.45) is 2.19. The summed E-state index contributed by atoms with van der Waals surface area (Å²) >= 11 is 1.53. The first-order chi connectivity index (χ1) is 11.8. The molecule has 24 heavy (non-hydrogen) atoms. The highest BCUT2D eigenvalue weighted by Gasteiger charge is 2.13. The highest BCUT2D eigenvalue weighted by molar-refractivity contribution is 7.15. The Hall–Kier alpha value is -3.00. The Balaban J connectivity index is 1.38. The van der Waals surface area contributed by atoms with E-state index in [1.807, 2.05) is 35.7 Å². The van der Waals surface area contributed by atoms with Crippen molar-refractivity contribution in [1.82, 2.24) is 25.1 Å². The normalized spacial score (nSPS) is 11.0. The van der Waals surface area contributed by atoms with Crippen molar-refractivity contribution in [2.45, 2.75) is 6.42 Å². The van der Waals surface area contributed by atoms with Crippen LogP contribution in [0.1, 0.15) is 16.2 Å². The van der Waals surface area contributed by atoms with E-state index in [1.165, 1.54) is 17.7 Å². The summed E-state index contributed by atoms with van der Waals surface area (Å²) in [6.45, 7) is 0.484. The van der Waals surface area contributed by atoms with Crippen LogP contribution in [0.3, 0.4) is 0 Å². The van der Waals surface area contributed by atoms with E-state index in [2.05, 4.69) is 20.6 Å². The van der Waals surface area contributed by atoms with Crippen molar-refractivity contribution in [2.75, 3.05) is 6.54 Å². The minimum atomic E-state index is -0.258. The van der Waals surface area contributed by atoms with Gasteiger partial charge in [-0.2, -0.15) is 5.10 Å². The number of rotatable bonds is 5. The molecule has 1 amide bonds. The molecule has 0 aliphatic rings. The molecule has 0 aliphatic carbocycles. The molecule has 0 spiro atoms. The first-order valence-electron chi connectivity index (χ1n) is 7.38. The Morgan fingerprint density at radius 2 is 2.17 bits per heavy atom. The quantitative estimate of drug-likeness (QED) is 0.603. The molecule has 0 atom stereocenters. The van der Waals surface area contributed by atoms with Crippen molar-refractivity contribution in [3.63, 3.8) is 0 Å². The molecule has 1 N–H and O–H groups in total. The largest absolute Gasteiger partial charge is 0.355 e. The van der Waals surface area contributed by atoms with Crippen LogP contribution in [0.25, 0.3) is 16.3 Å². The average molecular weight is 339 g/mol. The summed E-state index contributed by atoms with van der Waals surface area (Å²) in [4.78, 5) is 17.1. The summed E-state index contributed by atoms with van der Waals surface area (Å²) in [5.74, 6) is 0.314. The van der Waals surface area contributed by atoms with Crippen LogP contribution in [-0.2, 0) is 6.42 Å². The van der Waals surface area contributed by atoms with E-state index < -0.39 is 0 Å². The number of fused-ring (bicyclic) bond motifs is 1. The maximum Gasteiger partial charge on any atom is 0.273 e. The molecule has 8 heteroatoms. The molecule has 4 aromatic rings. The molecule has 0 radical (unpaired) electrons. The average Bonchev–Trinajstić information content (AvgIpc) is 3.33. The molecule has 7 nitrogen and oxygen atoms in total. The summed E-state index contributed by atoms with van der Waals surface area (Å²) in [7, 11) is 0. The number of nitrogens with one attached hydrogen (secondary N) is 1. The first kappa shape index (κ1) is 14.6. The molecule has 1 aromatic carbocycles. The number of carbonyl (C=O) groups is 1. The van der Waals surface area contributed by atoms with Crippen molar-refractivity contribution in [2.24, 2.45) is 0 Å². The zero-order valence-electron chi connectivity index (χ0n) is 12.5. The van der Waals surface area contributed by atoms with E-state index in [0.717, 1.165) is 16.2 Å². The van der Waals surface area contributed by atoms with E-state index in [9.17, 15) is 4.79 Å². The van der Waals surface area contributed by atoms with Gasteiger partial charge < -0.3 is 9.84 Å². The highest BCUT2D eigenvalue weighted by atomic mass is 32.1. The molecule has 0 unspecified atom stereocenters. The van der Waals surface area contributed by atoms with E-state index in [4.69, 9.17) is 4.52 Å². The van der Waals surface area contributed by atoms with Crippen molar-refractivity contribution in [3.8, 4) is 11.3 Å². The lowest BCUT2D eigenvalue weighted by Crippen LogP contribution is -2.26. The molecule has 120 valence electrons. The predicted molar refractivity (Wildman–Crippen MR) is 88.8 cm³/mol. The van der Waals surface area contributed by atoms with Gasteiger partial charge in [-0.15, -0.1) is 11.3 Å². The topological polar surface area (TPSA) is 85.3 Å². The Kier molecular flexibility index (Phi) is 3.80. The SMILES string of the molecule is O=C(NCCc1csc2ncnn12)c1cc(-c2ccccc2)on1. The number of carbonyl (C=O) groups excluding carboxylic acids is 1. The van der Waals surface area contributed by atoms with Gasteiger partial charge in [-0.3, -0.25) is 4.79 Å². The van der Waals surface area contributed by atoms with Gasteiger partial charge in [-0.1, -0.05) is 35.5 Å². The van der Waals surface area contributed by atoms with Gasteiger partial charge in [0.25, 0.3) is 5.91 Å². The predicted octanol–water partition coefficient (Wildman–Crippen LogP) is 2.42. The fourth-order valence-electron chi connectivity index (χ4n) is 2.36. The van der Waals surface area contributed by atoms with E-state index in [-0.39, 0.29) is 11.6 Å². The molecule has 0 bridgehead atoms. The summed E-state index contributed by atoms with van der Waals surface area (Å²) in [6, 6.07) is 11.2. The van der Waals surface area contributed by atoms with Crippen LogP contribution in [0.2, 0.25) is 0 Å². The maximum absolute atomic E-state index is 12.2. The molecular weight excluding hydrogens is 326 g/mol. The third kappa shape index (κ3) is 2.79. The van der Waals surface area contributed by atoms with Gasteiger partial charge in [-0.25, -0.2) is 9.50 Å². The zero-order valence-corrected chi connectivity index (χ0v) is 13.4. The molecule has 3 heterocycles. The smallest absolute Gasteiger partial charge is 0.273 e. The van der Waals surface area contributed by atoms with Crippen LogP contribution in [0.4, 0.5) is 0 Å². The van der Waals surface area contributed by atoms with Crippen molar-refractivity contribution in [1.29, 1.82) is 0 Å². The second-order valence-electron chi connectivity index (χ2n) is 5.13. The van der Waals surface area contributed by atoms with Crippen molar-refractivity contribution in [3.05, 3.63) is 59.5 Å². The molecular formula is C16H13N5O2S. The minimum absolute atomic E-state index is 0.258. The van der Waals surface area contributed by atoms with Crippen LogP contribution < -0.4 is 5.32 Å². The van der Waals surface area contributed by atoms with Gasteiger partial charge in [0, 0.05) is 30.0 Å². The van der Waals surface area contributed by atoms with Gasteiger partial charge in [-0.05, 0) is 0 Å². The van der Waals surface area contributed by atoms with Crippen molar-refractivity contribution < 1.29 is 9.32 Å². The van der Waals surface area contributed by atoms with Crippen LogP contribution >= 0.6 is 11.3 Å². The van der Waals surface area contributed by atoms with Crippen molar-refractivity contribution >= 4 is 22.2 Å². The third-order valence-electron chi connectivity index (χ3n) is 3.56. The summed E-state index contributed by atoms with van der Waals surface area (Å²) in [5, 5.41) is 12.8. The van der Waals surface area contributed by atoms with Gasteiger partial charge in [0.1, 0.15) is 6.33 Å². The van der Waals surface area contributed by atoms with Gasteiger partial charge in [0.05, 0.1) is 5.69 Å². The first-order valence-corrected chi connectivity index (χ1v) is 8.25. The third-order valence-corrected chi connectivity index (χ3v) is 4.44. The fraction of sp³-hybridized carbons (Fsp3) is 0.125. The number of hydrogen-bond acceptors (Lipinski definition) is 6. The molecule has 0 saturated carbocycles. The monoisotopic (exact) mass is 339 g/mol. The van der Waals surface area contributed by atoms with Crippen LogP contribution in [0.5, 0.6) is 0 Å². The van der Waals surface area contributed by atoms with Crippen LogP contribution in [0.15, 0.2) is 52.6 Å². The fourth-order valence-corrected chi connectivity index (χ4v) is 3.19. The maximum atomic E-state index is 12.2. The minimum Gasteiger partial charge on any atom is -0.355 e. The number of benzene rings is 1. The van der Waals surface area contributed by atoms with Gasteiger partial charge in [0.15, 0.2) is 11.5 Å². The standard InChI is InChI=1S/C16H13N5O2S/c22-15(13-8-14(23-20-13)11-4-2-1-3-5-11)17-7-6-12-9-24-16-18-10-19-21(12)16/h1-5,8-10H,6-7H2,(H,17,22). The lowest BCUT2D eigenvalue weighted by atomic mass is 10.1. The second kappa shape index (κ2) is 6.25. The number of nitrogens with zero attached hydrogens (tertiary/aromatic N) is 4. The van der Waals surface area contributed by atoms with Crippen LogP contribution in [0, 0.1) is 0 Å².